The van der Waals surface area contributed by atoms with Crippen molar-refractivity contribution in [3.05, 3.63) is 65.7 Å². The van der Waals surface area contributed by atoms with Crippen molar-refractivity contribution in [3.63, 3.8) is 0 Å². The van der Waals surface area contributed by atoms with Gasteiger partial charge in [-0.25, -0.2) is 0 Å². The maximum Gasteiger partial charge on any atom is 0.246 e. The minimum atomic E-state index is 0.0486. The third-order valence-corrected chi connectivity index (χ3v) is 5.77. The Hall–Kier alpha value is -3.12. The molecule has 0 radical (unpaired) electrons. The number of pyridine rings is 1. The number of aryl methyl sites for hydroxylation is 1. The third-order valence-electron chi connectivity index (χ3n) is 5.77. The highest BCUT2D eigenvalue weighted by atomic mass is 16.5. The number of benzene rings is 1. The van der Waals surface area contributed by atoms with E-state index in [1.54, 1.807) is 12.3 Å². The van der Waals surface area contributed by atoms with Crippen molar-refractivity contribution in [1.29, 1.82) is 0 Å². The van der Waals surface area contributed by atoms with Crippen LogP contribution in [0.4, 0.5) is 0 Å². The van der Waals surface area contributed by atoms with Crippen molar-refractivity contribution in [2.24, 2.45) is 0 Å². The Balaban J connectivity index is 1.45. The summed E-state index contributed by atoms with van der Waals surface area (Å²) in [5, 5.41) is 1.04. The number of carbonyl (C=O) groups excluding carboxylic acids is 1. The molecule has 0 aliphatic carbocycles. The molecule has 3 heterocycles. The summed E-state index contributed by atoms with van der Waals surface area (Å²) >= 11 is 0. The number of piperazine rings is 1. The number of aromatic nitrogens is 1. The van der Waals surface area contributed by atoms with Gasteiger partial charge in [0, 0.05) is 68.2 Å². The highest BCUT2D eigenvalue weighted by Crippen LogP contribution is 2.33. The number of nitrogens with zero attached hydrogens (tertiary/aromatic N) is 3. The molecule has 0 N–H and O–H groups in total. The fraction of sp³-hybridized carbons (Fsp3) is 0.360. The molecule has 1 saturated heterocycles. The van der Waals surface area contributed by atoms with Crippen LogP contribution in [0.3, 0.4) is 0 Å². The molecule has 0 saturated carbocycles. The monoisotopic (exact) mass is 419 g/mol. The van der Waals surface area contributed by atoms with Crippen LogP contribution in [-0.2, 0) is 11.3 Å². The minimum absolute atomic E-state index is 0.0486. The van der Waals surface area contributed by atoms with Gasteiger partial charge in [0.15, 0.2) is 0 Å². The molecule has 6 nitrogen and oxygen atoms in total. The van der Waals surface area contributed by atoms with E-state index in [-0.39, 0.29) is 5.91 Å². The Morgan fingerprint density at radius 3 is 2.65 bits per heavy atom. The zero-order valence-corrected chi connectivity index (χ0v) is 18.4. The van der Waals surface area contributed by atoms with Crippen molar-refractivity contribution in [1.82, 2.24) is 14.8 Å². The predicted molar refractivity (Wildman–Crippen MR) is 122 cm³/mol. The van der Waals surface area contributed by atoms with E-state index in [1.807, 2.05) is 56.3 Å². The molecular formula is C25H29N3O3. The van der Waals surface area contributed by atoms with Crippen molar-refractivity contribution >= 4 is 22.4 Å². The van der Waals surface area contributed by atoms with Crippen LogP contribution < -0.4 is 4.74 Å². The van der Waals surface area contributed by atoms with Gasteiger partial charge in [-0.15, -0.1) is 0 Å². The van der Waals surface area contributed by atoms with Crippen molar-refractivity contribution in [2.75, 3.05) is 32.8 Å². The average molecular weight is 420 g/mol. The zero-order valence-electron chi connectivity index (χ0n) is 18.4. The maximum atomic E-state index is 13.0. The Morgan fingerprint density at radius 1 is 1.19 bits per heavy atom. The van der Waals surface area contributed by atoms with E-state index in [0.717, 1.165) is 66.1 Å². The fourth-order valence-corrected chi connectivity index (χ4v) is 3.99. The number of allylic oxidation sites excluding steroid dienone is 1. The molecule has 2 aromatic heterocycles. The lowest BCUT2D eigenvalue weighted by Crippen LogP contribution is -2.47. The molecule has 0 atom stereocenters. The standard InChI is InChI=1S/C25H29N3O3/c1-4-30-23-15-24-22(19(3)17-31-24)14-21(23)18(2)13-25(29)28-11-9-27(10-12-28)16-20-5-7-26-8-6-20/h5-8,13-15,17H,4,9-12,16H2,1-3H3/b18-13+. The fourth-order valence-electron chi connectivity index (χ4n) is 3.99. The van der Waals surface area contributed by atoms with Crippen LogP contribution in [0.25, 0.3) is 16.5 Å². The van der Waals surface area contributed by atoms with Gasteiger partial charge < -0.3 is 14.1 Å². The summed E-state index contributed by atoms with van der Waals surface area (Å²) in [7, 11) is 0. The first kappa shape index (κ1) is 21.1. The van der Waals surface area contributed by atoms with Gasteiger partial charge in [0.25, 0.3) is 0 Å². The minimum Gasteiger partial charge on any atom is -0.493 e. The lowest BCUT2D eigenvalue weighted by atomic mass is 10.0. The molecule has 4 rings (SSSR count). The van der Waals surface area contributed by atoms with Gasteiger partial charge in [0.2, 0.25) is 5.91 Å². The SMILES string of the molecule is CCOc1cc2occ(C)c2cc1/C(C)=C/C(=O)N1CCN(Cc2ccncc2)CC1. The van der Waals surface area contributed by atoms with Crippen LogP contribution in [0.15, 0.2) is 53.4 Å². The lowest BCUT2D eigenvalue weighted by molar-refractivity contribution is -0.127. The molecule has 0 unspecified atom stereocenters. The van der Waals surface area contributed by atoms with Gasteiger partial charge in [0.1, 0.15) is 11.3 Å². The van der Waals surface area contributed by atoms with Gasteiger partial charge in [-0.3, -0.25) is 14.7 Å². The van der Waals surface area contributed by atoms with Gasteiger partial charge in [-0.05, 0) is 55.7 Å². The molecule has 1 aliphatic rings. The van der Waals surface area contributed by atoms with Crippen LogP contribution in [0.2, 0.25) is 0 Å². The van der Waals surface area contributed by atoms with Gasteiger partial charge >= 0.3 is 0 Å². The second-order valence-corrected chi connectivity index (χ2v) is 7.98. The van der Waals surface area contributed by atoms with E-state index in [0.29, 0.717) is 6.61 Å². The van der Waals surface area contributed by atoms with Crippen LogP contribution in [-0.4, -0.2) is 53.5 Å². The second-order valence-electron chi connectivity index (χ2n) is 7.98. The summed E-state index contributed by atoms with van der Waals surface area (Å²) in [4.78, 5) is 21.3. The molecule has 1 fully saturated rings. The second kappa shape index (κ2) is 9.35. The molecule has 6 heteroatoms. The lowest BCUT2D eigenvalue weighted by Gasteiger charge is -2.34. The third kappa shape index (κ3) is 4.80. The molecule has 1 amide bonds. The predicted octanol–water partition coefficient (Wildman–Crippen LogP) is 4.28. The zero-order chi connectivity index (χ0) is 21.8. The van der Waals surface area contributed by atoms with E-state index in [2.05, 4.69) is 16.0 Å². The summed E-state index contributed by atoms with van der Waals surface area (Å²) in [5.41, 5.74) is 4.95. The molecular weight excluding hydrogens is 390 g/mol. The Kier molecular flexibility index (Phi) is 6.37. The number of rotatable bonds is 6. The number of carbonyl (C=O) groups is 1. The number of furan rings is 1. The Morgan fingerprint density at radius 2 is 1.94 bits per heavy atom. The van der Waals surface area contributed by atoms with E-state index in [9.17, 15) is 4.79 Å². The number of fused-ring (bicyclic) bond motifs is 1. The highest BCUT2D eigenvalue weighted by molar-refractivity contribution is 5.97. The molecule has 162 valence electrons. The van der Waals surface area contributed by atoms with E-state index < -0.39 is 0 Å². The van der Waals surface area contributed by atoms with Crippen LogP contribution in [0.5, 0.6) is 5.75 Å². The van der Waals surface area contributed by atoms with E-state index in [4.69, 9.17) is 9.15 Å². The first-order valence-electron chi connectivity index (χ1n) is 10.8. The molecule has 1 aromatic carbocycles. The number of hydrogen-bond donors (Lipinski definition) is 0. The Labute approximate surface area is 183 Å². The number of ether oxygens (including phenoxy) is 1. The number of amides is 1. The van der Waals surface area contributed by atoms with Crippen molar-refractivity contribution in [2.45, 2.75) is 27.3 Å². The van der Waals surface area contributed by atoms with Crippen molar-refractivity contribution in [3.8, 4) is 5.75 Å². The first-order chi connectivity index (χ1) is 15.0. The smallest absolute Gasteiger partial charge is 0.246 e. The van der Waals surface area contributed by atoms with Gasteiger partial charge in [-0.2, -0.15) is 0 Å². The summed E-state index contributed by atoms with van der Waals surface area (Å²) in [5.74, 6) is 0.792. The largest absolute Gasteiger partial charge is 0.493 e. The molecule has 0 spiro atoms. The van der Waals surface area contributed by atoms with E-state index in [1.165, 1.54) is 5.56 Å². The quantitative estimate of drug-likeness (QED) is 0.558. The van der Waals surface area contributed by atoms with Crippen LogP contribution in [0, 0.1) is 6.92 Å². The first-order valence-corrected chi connectivity index (χ1v) is 10.8. The average Bonchev–Trinajstić information content (AvgIpc) is 3.14. The summed E-state index contributed by atoms with van der Waals surface area (Å²) in [6.45, 7) is 10.6. The maximum absolute atomic E-state index is 13.0. The normalized spacial score (nSPS) is 15.5. The van der Waals surface area contributed by atoms with Crippen molar-refractivity contribution < 1.29 is 13.9 Å². The molecule has 1 aliphatic heterocycles. The van der Waals surface area contributed by atoms with Crippen LogP contribution in [0.1, 0.15) is 30.5 Å². The Bertz CT molecular complexity index is 1080. The molecule has 31 heavy (non-hydrogen) atoms. The topological polar surface area (TPSA) is 58.8 Å². The highest BCUT2D eigenvalue weighted by Gasteiger charge is 2.21. The summed E-state index contributed by atoms with van der Waals surface area (Å²) in [6, 6.07) is 8.06. The van der Waals surface area contributed by atoms with E-state index >= 15 is 0 Å². The summed E-state index contributed by atoms with van der Waals surface area (Å²) in [6.07, 6.45) is 7.13. The molecule has 0 bridgehead atoms. The molecule has 3 aromatic rings. The van der Waals surface area contributed by atoms with Gasteiger partial charge in [-0.1, -0.05) is 0 Å². The number of hydrogen-bond acceptors (Lipinski definition) is 5. The summed E-state index contributed by atoms with van der Waals surface area (Å²) < 4.78 is 11.5. The van der Waals surface area contributed by atoms with Gasteiger partial charge in [0.05, 0.1) is 12.9 Å². The van der Waals surface area contributed by atoms with Crippen LogP contribution >= 0.6 is 0 Å².